The van der Waals surface area contributed by atoms with E-state index in [4.69, 9.17) is 0 Å². The molecule has 0 aliphatic heterocycles. The van der Waals surface area contributed by atoms with Gasteiger partial charge >= 0.3 is 0 Å². The molecule has 0 heterocycles. The highest BCUT2D eigenvalue weighted by Crippen LogP contribution is 2.49. The van der Waals surface area contributed by atoms with Crippen molar-refractivity contribution in [3.63, 3.8) is 0 Å². The molecule has 1 fully saturated rings. The summed E-state index contributed by atoms with van der Waals surface area (Å²) in [6.45, 7) is 4.86. The zero-order valence-corrected chi connectivity index (χ0v) is 11.1. The van der Waals surface area contributed by atoms with Crippen molar-refractivity contribution in [1.82, 2.24) is 5.32 Å². The molecule has 0 bridgehead atoms. The Hall–Kier alpha value is -0.960. The lowest BCUT2D eigenvalue weighted by Gasteiger charge is -2.20. The standard InChI is InChI=1S/C15H21F2N/c1-3-7-15(8-9-15)10-18-11(2)14-12(16)5-4-6-13(14)17/h4-6,11,18H,3,7-10H2,1-2H3. The van der Waals surface area contributed by atoms with Gasteiger partial charge in [0.2, 0.25) is 0 Å². The highest BCUT2D eigenvalue weighted by Gasteiger charge is 2.41. The minimum absolute atomic E-state index is 0.157. The number of hydrogen-bond donors (Lipinski definition) is 1. The maximum atomic E-state index is 13.6. The van der Waals surface area contributed by atoms with Crippen LogP contribution in [0.1, 0.15) is 51.1 Å². The Morgan fingerprint density at radius 2 is 1.89 bits per heavy atom. The van der Waals surface area contributed by atoms with Gasteiger partial charge in [-0.1, -0.05) is 19.4 Å². The lowest BCUT2D eigenvalue weighted by atomic mass is 9.99. The van der Waals surface area contributed by atoms with Gasteiger partial charge in [0, 0.05) is 18.2 Å². The van der Waals surface area contributed by atoms with Crippen LogP contribution in [-0.4, -0.2) is 6.54 Å². The van der Waals surface area contributed by atoms with Crippen molar-refractivity contribution in [1.29, 1.82) is 0 Å². The zero-order chi connectivity index (χ0) is 13.2. The van der Waals surface area contributed by atoms with E-state index < -0.39 is 11.6 Å². The monoisotopic (exact) mass is 253 g/mol. The third kappa shape index (κ3) is 2.89. The molecule has 1 N–H and O–H groups in total. The smallest absolute Gasteiger partial charge is 0.130 e. The van der Waals surface area contributed by atoms with Gasteiger partial charge in [-0.15, -0.1) is 0 Å². The van der Waals surface area contributed by atoms with Crippen LogP contribution in [0.25, 0.3) is 0 Å². The highest BCUT2D eigenvalue weighted by atomic mass is 19.1. The predicted octanol–water partition coefficient (Wildman–Crippen LogP) is 4.20. The first-order valence-corrected chi connectivity index (χ1v) is 6.75. The largest absolute Gasteiger partial charge is 0.309 e. The normalized spacial score (nSPS) is 18.7. The van der Waals surface area contributed by atoms with Crippen LogP contribution in [0.15, 0.2) is 18.2 Å². The molecule has 1 aromatic carbocycles. The van der Waals surface area contributed by atoms with E-state index >= 15 is 0 Å². The van der Waals surface area contributed by atoms with E-state index in [2.05, 4.69) is 12.2 Å². The van der Waals surface area contributed by atoms with E-state index in [1.165, 1.54) is 43.9 Å². The van der Waals surface area contributed by atoms with Crippen molar-refractivity contribution in [2.45, 2.75) is 45.6 Å². The minimum atomic E-state index is -0.463. The Kier molecular flexibility index (Phi) is 4.00. The molecular formula is C15H21F2N. The maximum absolute atomic E-state index is 13.6. The summed E-state index contributed by atoms with van der Waals surface area (Å²) in [6, 6.07) is 3.76. The topological polar surface area (TPSA) is 12.0 Å². The van der Waals surface area contributed by atoms with Crippen molar-refractivity contribution >= 4 is 0 Å². The molecular weight excluding hydrogens is 232 g/mol. The molecule has 1 nitrogen and oxygen atoms in total. The van der Waals surface area contributed by atoms with E-state index in [0.717, 1.165) is 6.54 Å². The van der Waals surface area contributed by atoms with E-state index in [1.54, 1.807) is 0 Å². The fourth-order valence-corrected chi connectivity index (χ4v) is 2.62. The molecule has 1 aromatic rings. The summed E-state index contributed by atoms with van der Waals surface area (Å²) in [5.41, 5.74) is 0.551. The average Bonchev–Trinajstić information content (AvgIpc) is 3.07. The number of halogens is 2. The van der Waals surface area contributed by atoms with Gasteiger partial charge in [-0.3, -0.25) is 0 Å². The van der Waals surface area contributed by atoms with Gasteiger partial charge in [0.05, 0.1) is 0 Å². The molecule has 0 radical (unpaired) electrons. The first-order valence-electron chi connectivity index (χ1n) is 6.75. The molecule has 18 heavy (non-hydrogen) atoms. The average molecular weight is 253 g/mol. The van der Waals surface area contributed by atoms with Crippen LogP contribution in [0.5, 0.6) is 0 Å². The molecule has 0 spiro atoms. The van der Waals surface area contributed by atoms with E-state index in [0.29, 0.717) is 5.41 Å². The lowest BCUT2D eigenvalue weighted by molar-refractivity contribution is 0.386. The summed E-state index contributed by atoms with van der Waals surface area (Å²) in [6.07, 6.45) is 4.84. The van der Waals surface area contributed by atoms with Crippen molar-refractivity contribution in [3.05, 3.63) is 35.4 Å². The highest BCUT2D eigenvalue weighted by molar-refractivity contribution is 5.22. The second-order valence-corrected chi connectivity index (χ2v) is 5.49. The molecule has 0 saturated heterocycles. The van der Waals surface area contributed by atoms with Gasteiger partial charge in [-0.2, -0.15) is 0 Å². The first-order chi connectivity index (χ1) is 8.58. The van der Waals surface area contributed by atoms with Crippen LogP contribution in [-0.2, 0) is 0 Å². The Labute approximate surface area is 108 Å². The van der Waals surface area contributed by atoms with Crippen molar-refractivity contribution in [2.24, 2.45) is 5.41 Å². The van der Waals surface area contributed by atoms with Gasteiger partial charge in [-0.05, 0) is 43.7 Å². The van der Waals surface area contributed by atoms with Crippen LogP contribution in [0.4, 0.5) is 8.78 Å². The molecule has 1 aliphatic carbocycles. The first kappa shape index (κ1) is 13.5. The number of nitrogens with one attached hydrogen (secondary N) is 1. The molecule has 2 rings (SSSR count). The van der Waals surface area contributed by atoms with Gasteiger partial charge in [-0.25, -0.2) is 8.78 Å². The third-order valence-electron chi connectivity index (χ3n) is 3.95. The summed E-state index contributed by atoms with van der Waals surface area (Å²) in [5, 5.41) is 3.29. The molecule has 0 aromatic heterocycles. The van der Waals surface area contributed by atoms with Crippen molar-refractivity contribution in [3.8, 4) is 0 Å². The predicted molar refractivity (Wildman–Crippen MR) is 69.4 cm³/mol. The van der Waals surface area contributed by atoms with E-state index in [9.17, 15) is 8.78 Å². The van der Waals surface area contributed by atoms with Crippen molar-refractivity contribution < 1.29 is 8.78 Å². The minimum Gasteiger partial charge on any atom is -0.309 e. The molecule has 100 valence electrons. The SMILES string of the molecule is CCCC1(CNC(C)c2c(F)cccc2F)CC1. The molecule has 1 aliphatic rings. The molecule has 1 atom stereocenters. The van der Waals surface area contributed by atoms with E-state index in [1.807, 2.05) is 6.92 Å². The second kappa shape index (κ2) is 5.35. The van der Waals surface area contributed by atoms with Crippen LogP contribution < -0.4 is 5.32 Å². The van der Waals surface area contributed by atoms with Gasteiger partial charge in [0.1, 0.15) is 11.6 Å². The van der Waals surface area contributed by atoms with Gasteiger partial charge in [0.15, 0.2) is 0 Å². The quantitative estimate of drug-likeness (QED) is 0.801. The number of benzene rings is 1. The third-order valence-corrected chi connectivity index (χ3v) is 3.95. The van der Waals surface area contributed by atoms with Gasteiger partial charge in [0.25, 0.3) is 0 Å². The Morgan fingerprint density at radius 1 is 1.28 bits per heavy atom. The zero-order valence-electron chi connectivity index (χ0n) is 11.1. The van der Waals surface area contributed by atoms with Gasteiger partial charge < -0.3 is 5.32 Å². The van der Waals surface area contributed by atoms with Crippen LogP contribution in [0.2, 0.25) is 0 Å². The summed E-state index contributed by atoms with van der Waals surface area (Å²) < 4.78 is 27.2. The molecule has 1 unspecified atom stereocenters. The molecule has 1 saturated carbocycles. The Balaban J connectivity index is 1.98. The summed E-state index contributed by atoms with van der Waals surface area (Å²) in [7, 11) is 0. The number of rotatable bonds is 6. The lowest BCUT2D eigenvalue weighted by Crippen LogP contribution is -2.28. The fourth-order valence-electron chi connectivity index (χ4n) is 2.62. The van der Waals surface area contributed by atoms with Crippen LogP contribution in [0, 0.1) is 17.0 Å². The maximum Gasteiger partial charge on any atom is 0.130 e. The summed E-state index contributed by atoms with van der Waals surface area (Å²) >= 11 is 0. The van der Waals surface area contributed by atoms with E-state index in [-0.39, 0.29) is 11.6 Å². The Bertz CT molecular complexity index is 393. The summed E-state index contributed by atoms with van der Waals surface area (Å²) in [4.78, 5) is 0. The second-order valence-electron chi connectivity index (χ2n) is 5.49. The molecule has 3 heteroatoms. The fraction of sp³-hybridized carbons (Fsp3) is 0.600. The molecule has 0 amide bonds. The van der Waals surface area contributed by atoms with Crippen LogP contribution in [0.3, 0.4) is 0 Å². The van der Waals surface area contributed by atoms with Crippen molar-refractivity contribution in [2.75, 3.05) is 6.54 Å². The van der Waals surface area contributed by atoms with Crippen LogP contribution >= 0.6 is 0 Å². The Morgan fingerprint density at radius 3 is 2.39 bits per heavy atom. The number of hydrogen-bond acceptors (Lipinski definition) is 1. The summed E-state index contributed by atoms with van der Waals surface area (Å²) in [5.74, 6) is -0.925.